The molecular formula is C20H21ClN4O. The first-order chi connectivity index (χ1) is 12.5. The van der Waals surface area contributed by atoms with Gasteiger partial charge in [0.25, 0.3) is 5.91 Å². The van der Waals surface area contributed by atoms with E-state index in [1.165, 1.54) is 11.3 Å². The van der Waals surface area contributed by atoms with Gasteiger partial charge in [-0.2, -0.15) is 0 Å². The summed E-state index contributed by atoms with van der Waals surface area (Å²) in [7, 11) is 4.25. The lowest BCUT2D eigenvalue weighted by Gasteiger charge is -2.28. The number of halogens is 1. The summed E-state index contributed by atoms with van der Waals surface area (Å²) in [6.45, 7) is 0. The number of nitrogens with zero attached hydrogens (tertiary/aromatic N) is 2. The van der Waals surface area contributed by atoms with Crippen LogP contribution in [0.1, 0.15) is 28.0 Å². The molecular weight excluding hydrogens is 348 g/mol. The predicted octanol–water partition coefficient (Wildman–Crippen LogP) is 3.89. The molecule has 1 atom stereocenters. The molecule has 2 N–H and O–H groups in total. The van der Waals surface area contributed by atoms with Crippen LogP contribution < -0.4 is 5.32 Å². The standard InChI is InChI=1S/C20H21ClN4O/c1-25(2)13-6-8-17-15(11-13)14-10-12(5-7-16(14)23-17)20(26)24-18-4-3-9-22-19(18)21/h3-5,7,9-10,13,23H,6,8,11H2,1-2H3,(H,24,26). The van der Waals surface area contributed by atoms with Crippen molar-refractivity contribution in [2.45, 2.75) is 25.3 Å². The van der Waals surface area contributed by atoms with E-state index in [2.05, 4.69) is 34.3 Å². The lowest BCUT2D eigenvalue weighted by Crippen LogP contribution is -2.33. The maximum atomic E-state index is 12.7. The maximum Gasteiger partial charge on any atom is 0.255 e. The van der Waals surface area contributed by atoms with Gasteiger partial charge in [0.15, 0.2) is 5.15 Å². The second-order valence-corrected chi connectivity index (χ2v) is 7.36. The Morgan fingerprint density at radius 2 is 2.19 bits per heavy atom. The average Bonchev–Trinajstić information content (AvgIpc) is 3.00. The fourth-order valence-corrected chi connectivity index (χ4v) is 3.82. The van der Waals surface area contributed by atoms with Crippen molar-refractivity contribution < 1.29 is 4.79 Å². The molecule has 2 heterocycles. The number of rotatable bonds is 3. The molecule has 1 aromatic carbocycles. The number of benzene rings is 1. The molecule has 5 nitrogen and oxygen atoms in total. The van der Waals surface area contributed by atoms with Crippen LogP contribution in [0.4, 0.5) is 5.69 Å². The number of aromatic amines is 1. The van der Waals surface area contributed by atoms with Crippen molar-refractivity contribution in [1.29, 1.82) is 0 Å². The zero-order valence-corrected chi connectivity index (χ0v) is 15.6. The van der Waals surface area contributed by atoms with Crippen molar-refractivity contribution in [2.24, 2.45) is 0 Å². The minimum absolute atomic E-state index is 0.184. The number of H-pyrrole nitrogens is 1. The van der Waals surface area contributed by atoms with Gasteiger partial charge in [-0.1, -0.05) is 11.6 Å². The summed E-state index contributed by atoms with van der Waals surface area (Å²) in [4.78, 5) is 22.4. The number of hydrogen-bond acceptors (Lipinski definition) is 3. The first kappa shape index (κ1) is 17.1. The highest BCUT2D eigenvalue weighted by atomic mass is 35.5. The lowest BCUT2D eigenvalue weighted by molar-refractivity contribution is 0.102. The number of likely N-dealkylation sites (N-methyl/N-ethyl adjacent to an activating group) is 1. The molecule has 2 aromatic heterocycles. The number of anilines is 1. The van der Waals surface area contributed by atoms with Crippen LogP contribution in [-0.4, -0.2) is 40.9 Å². The third-order valence-corrected chi connectivity index (χ3v) is 5.46. The van der Waals surface area contributed by atoms with Crippen LogP contribution in [-0.2, 0) is 12.8 Å². The number of amides is 1. The number of hydrogen-bond donors (Lipinski definition) is 2. The van der Waals surface area contributed by atoms with Crippen LogP contribution in [0.3, 0.4) is 0 Å². The van der Waals surface area contributed by atoms with Gasteiger partial charge in [-0.15, -0.1) is 0 Å². The Morgan fingerprint density at radius 1 is 1.35 bits per heavy atom. The van der Waals surface area contributed by atoms with Gasteiger partial charge in [0.1, 0.15) is 0 Å². The molecule has 0 fully saturated rings. The van der Waals surface area contributed by atoms with Crippen LogP contribution in [0.15, 0.2) is 36.5 Å². The smallest absolute Gasteiger partial charge is 0.255 e. The normalized spacial score (nSPS) is 16.7. The SMILES string of the molecule is CN(C)C1CCc2[nH]c3ccc(C(=O)Nc4cccnc4Cl)cc3c2C1. The minimum atomic E-state index is -0.184. The number of carbonyl (C=O) groups excluding carboxylic acids is 1. The highest BCUT2D eigenvalue weighted by Gasteiger charge is 2.24. The molecule has 1 aliphatic carbocycles. The van der Waals surface area contributed by atoms with Gasteiger partial charge < -0.3 is 15.2 Å². The van der Waals surface area contributed by atoms with Gasteiger partial charge in [0.05, 0.1) is 5.69 Å². The average molecular weight is 369 g/mol. The van der Waals surface area contributed by atoms with Crippen LogP contribution >= 0.6 is 11.6 Å². The van der Waals surface area contributed by atoms with Crippen LogP contribution in [0, 0.1) is 0 Å². The molecule has 134 valence electrons. The topological polar surface area (TPSA) is 61.0 Å². The van der Waals surface area contributed by atoms with Gasteiger partial charge in [0, 0.05) is 34.4 Å². The maximum absolute atomic E-state index is 12.7. The minimum Gasteiger partial charge on any atom is -0.358 e. The van der Waals surface area contributed by atoms with E-state index >= 15 is 0 Å². The van der Waals surface area contributed by atoms with Gasteiger partial charge >= 0.3 is 0 Å². The second-order valence-electron chi connectivity index (χ2n) is 7.00. The van der Waals surface area contributed by atoms with Gasteiger partial charge in [0.2, 0.25) is 0 Å². The summed E-state index contributed by atoms with van der Waals surface area (Å²) in [6, 6.07) is 9.82. The fraction of sp³-hybridized carbons (Fsp3) is 0.300. The van der Waals surface area contributed by atoms with E-state index < -0.39 is 0 Å². The van der Waals surface area contributed by atoms with Crippen molar-refractivity contribution >= 4 is 34.1 Å². The van der Waals surface area contributed by atoms with Gasteiger partial charge in [-0.05, 0) is 69.3 Å². The molecule has 0 aliphatic heterocycles. The van der Waals surface area contributed by atoms with E-state index in [1.807, 2.05) is 18.2 Å². The summed E-state index contributed by atoms with van der Waals surface area (Å²) in [5.74, 6) is -0.184. The Morgan fingerprint density at radius 3 is 2.96 bits per heavy atom. The summed E-state index contributed by atoms with van der Waals surface area (Å²) in [5, 5.41) is 4.26. The van der Waals surface area contributed by atoms with E-state index in [0.717, 1.165) is 30.2 Å². The molecule has 0 saturated carbocycles. The summed E-state index contributed by atoms with van der Waals surface area (Å²) in [6.07, 6.45) is 4.79. The molecule has 26 heavy (non-hydrogen) atoms. The first-order valence-electron chi connectivity index (χ1n) is 8.74. The Bertz CT molecular complexity index is 979. The third kappa shape index (κ3) is 3.08. The Labute approximate surface area is 157 Å². The molecule has 1 aliphatic rings. The van der Waals surface area contributed by atoms with E-state index in [9.17, 15) is 4.79 Å². The van der Waals surface area contributed by atoms with E-state index in [-0.39, 0.29) is 11.1 Å². The molecule has 6 heteroatoms. The predicted molar refractivity (Wildman–Crippen MR) is 105 cm³/mol. The second kappa shape index (κ2) is 6.74. The van der Waals surface area contributed by atoms with Crippen molar-refractivity contribution in [3.8, 4) is 0 Å². The summed E-state index contributed by atoms with van der Waals surface area (Å²) >= 11 is 6.04. The van der Waals surface area contributed by atoms with Crippen LogP contribution in [0.25, 0.3) is 10.9 Å². The number of aromatic nitrogens is 2. The highest BCUT2D eigenvalue weighted by Crippen LogP contribution is 2.31. The quantitative estimate of drug-likeness (QED) is 0.689. The van der Waals surface area contributed by atoms with E-state index in [1.54, 1.807) is 18.3 Å². The molecule has 0 saturated heterocycles. The van der Waals surface area contributed by atoms with Crippen molar-refractivity contribution in [3.05, 3.63) is 58.5 Å². The molecule has 0 radical (unpaired) electrons. The molecule has 0 spiro atoms. The fourth-order valence-electron chi connectivity index (χ4n) is 3.65. The van der Waals surface area contributed by atoms with Crippen molar-refractivity contribution in [1.82, 2.24) is 14.9 Å². The Hall–Kier alpha value is -2.37. The monoisotopic (exact) mass is 368 g/mol. The molecule has 1 unspecified atom stereocenters. The highest BCUT2D eigenvalue weighted by molar-refractivity contribution is 6.32. The third-order valence-electron chi connectivity index (χ3n) is 5.16. The zero-order valence-electron chi connectivity index (χ0n) is 14.8. The first-order valence-corrected chi connectivity index (χ1v) is 9.12. The molecule has 1 amide bonds. The zero-order chi connectivity index (χ0) is 18.3. The Balaban J connectivity index is 1.66. The number of nitrogens with one attached hydrogen (secondary N) is 2. The lowest BCUT2D eigenvalue weighted by atomic mass is 9.90. The van der Waals surface area contributed by atoms with Crippen LogP contribution in [0.2, 0.25) is 5.15 Å². The van der Waals surface area contributed by atoms with Gasteiger partial charge in [-0.3, -0.25) is 4.79 Å². The summed E-state index contributed by atoms with van der Waals surface area (Å²) < 4.78 is 0. The number of pyridine rings is 1. The number of carbonyl (C=O) groups is 1. The Kier molecular flexibility index (Phi) is 4.42. The largest absolute Gasteiger partial charge is 0.358 e. The summed E-state index contributed by atoms with van der Waals surface area (Å²) in [5.41, 5.74) is 4.85. The number of fused-ring (bicyclic) bond motifs is 3. The van der Waals surface area contributed by atoms with Crippen molar-refractivity contribution in [3.63, 3.8) is 0 Å². The van der Waals surface area contributed by atoms with Crippen molar-refractivity contribution in [2.75, 3.05) is 19.4 Å². The van der Waals surface area contributed by atoms with E-state index in [0.29, 0.717) is 17.3 Å². The molecule has 0 bridgehead atoms. The van der Waals surface area contributed by atoms with Crippen LogP contribution in [0.5, 0.6) is 0 Å². The molecule has 3 aromatic rings. The van der Waals surface area contributed by atoms with Gasteiger partial charge in [-0.25, -0.2) is 4.98 Å². The van der Waals surface area contributed by atoms with E-state index in [4.69, 9.17) is 11.6 Å². The molecule has 4 rings (SSSR count). The number of aryl methyl sites for hydroxylation is 1.